The van der Waals surface area contributed by atoms with Crippen LogP contribution in [0.5, 0.6) is 0 Å². The molecule has 1 aliphatic carbocycles. The molecule has 0 heterocycles. The molecule has 2 rings (SSSR count). The molecule has 2 amide bonds. The largest absolute Gasteiger partial charge is 0.481 e. The molecule has 1 saturated carbocycles. The van der Waals surface area contributed by atoms with Crippen molar-refractivity contribution in [2.75, 3.05) is 18.9 Å². The number of nitrogens with one attached hydrogen (secondary N) is 1. The lowest BCUT2D eigenvalue weighted by Crippen LogP contribution is -2.38. The number of carbonyl (C=O) groups is 3. The summed E-state index contributed by atoms with van der Waals surface area (Å²) in [5.41, 5.74) is 2.83. The van der Waals surface area contributed by atoms with Gasteiger partial charge in [-0.15, -0.1) is 0 Å². The van der Waals surface area contributed by atoms with Crippen LogP contribution in [0.25, 0.3) is 0 Å². The summed E-state index contributed by atoms with van der Waals surface area (Å²) in [7, 11) is 1.58. The highest BCUT2D eigenvalue weighted by atomic mass is 16.4. The number of anilines is 1. The monoisotopic (exact) mass is 332 g/mol. The van der Waals surface area contributed by atoms with Crippen LogP contribution in [0, 0.1) is 25.7 Å². The molecule has 6 nitrogen and oxygen atoms in total. The number of amides is 2. The maximum atomic E-state index is 12.4. The number of carboxylic acid groups (broad SMARTS) is 1. The van der Waals surface area contributed by atoms with Crippen LogP contribution in [0.2, 0.25) is 0 Å². The summed E-state index contributed by atoms with van der Waals surface area (Å²) >= 11 is 0. The number of carboxylic acids is 1. The molecule has 0 aliphatic heterocycles. The van der Waals surface area contributed by atoms with E-state index in [0.717, 1.165) is 16.8 Å². The fourth-order valence-corrected chi connectivity index (χ4v) is 3.11. The number of hydrogen-bond donors (Lipinski definition) is 2. The van der Waals surface area contributed by atoms with Crippen molar-refractivity contribution in [3.63, 3.8) is 0 Å². The fourth-order valence-electron chi connectivity index (χ4n) is 3.11. The van der Waals surface area contributed by atoms with Gasteiger partial charge in [-0.05, 0) is 50.3 Å². The van der Waals surface area contributed by atoms with Crippen LogP contribution in [0.15, 0.2) is 18.2 Å². The first kappa shape index (κ1) is 18.0. The Morgan fingerprint density at radius 3 is 2.50 bits per heavy atom. The van der Waals surface area contributed by atoms with Crippen molar-refractivity contribution in [2.45, 2.75) is 33.1 Å². The van der Waals surface area contributed by atoms with Crippen LogP contribution in [0.3, 0.4) is 0 Å². The van der Waals surface area contributed by atoms with Gasteiger partial charge in [0.2, 0.25) is 11.8 Å². The normalized spacial score (nSPS) is 19.8. The number of rotatable bonds is 5. The summed E-state index contributed by atoms with van der Waals surface area (Å²) in [6.07, 6.45) is 1.45. The zero-order valence-electron chi connectivity index (χ0n) is 14.3. The average molecular weight is 332 g/mol. The molecular weight excluding hydrogens is 308 g/mol. The molecule has 0 spiro atoms. The predicted octanol–water partition coefficient (Wildman–Crippen LogP) is 2.20. The predicted molar refractivity (Wildman–Crippen MR) is 90.6 cm³/mol. The molecule has 0 radical (unpaired) electrons. The smallest absolute Gasteiger partial charge is 0.306 e. The summed E-state index contributed by atoms with van der Waals surface area (Å²) in [5, 5.41) is 11.8. The van der Waals surface area contributed by atoms with Crippen molar-refractivity contribution in [3.8, 4) is 0 Å². The second-order valence-electron chi connectivity index (χ2n) is 6.54. The lowest BCUT2D eigenvalue weighted by atomic mass is 10.0. The molecule has 0 bridgehead atoms. The SMILES string of the molecule is Cc1cccc(NC(=O)CN(C)C(=O)[C@@H]2CC[C@H](C(=O)O)C2)c1C. The molecule has 1 fully saturated rings. The molecule has 0 saturated heterocycles. The lowest BCUT2D eigenvalue weighted by molar-refractivity contribution is -0.142. The van der Waals surface area contributed by atoms with E-state index >= 15 is 0 Å². The van der Waals surface area contributed by atoms with Crippen LogP contribution in [0.1, 0.15) is 30.4 Å². The minimum Gasteiger partial charge on any atom is -0.481 e. The fraction of sp³-hybridized carbons (Fsp3) is 0.500. The van der Waals surface area contributed by atoms with E-state index in [1.807, 2.05) is 32.0 Å². The summed E-state index contributed by atoms with van der Waals surface area (Å²) in [5.74, 6) is -2.01. The van der Waals surface area contributed by atoms with E-state index in [0.29, 0.717) is 19.3 Å². The maximum Gasteiger partial charge on any atom is 0.306 e. The van der Waals surface area contributed by atoms with Gasteiger partial charge in [0.15, 0.2) is 0 Å². The van der Waals surface area contributed by atoms with Gasteiger partial charge in [-0.25, -0.2) is 0 Å². The van der Waals surface area contributed by atoms with Crippen LogP contribution in [-0.4, -0.2) is 41.4 Å². The highest BCUT2D eigenvalue weighted by Crippen LogP contribution is 2.32. The Kier molecular flexibility index (Phi) is 5.59. The first-order valence-electron chi connectivity index (χ1n) is 8.13. The topological polar surface area (TPSA) is 86.7 Å². The van der Waals surface area contributed by atoms with Gasteiger partial charge in [0, 0.05) is 18.7 Å². The molecular formula is C18H24N2O4. The molecule has 24 heavy (non-hydrogen) atoms. The van der Waals surface area contributed by atoms with Crippen LogP contribution in [-0.2, 0) is 14.4 Å². The first-order chi connectivity index (χ1) is 11.3. The van der Waals surface area contributed by atoms with Crippen LogP contribution >= 0.6 is 0 Å². The highest BCUT2D eigenvalue weighted by Gasteiger charge is 2.35. The van der Waals surface area contributed by atoms with Crippen molar-refractivity contribution >= 4 is 23.5 Å². The van der Waals surface area contributed by atoms with Crippen molar-refractivity contribution in [1.29, 1.82) is 0 Å². The van der Waals surface area contributed by atoms with Crippen molar-refractivity contribution in [2.24, 2.45) is 11.8 Å². The molecule has 0 unspecified atom stereocenters. The number of hydrogen-bond acceptors (Lipinski definition) is 3. The van der Waals surface area contributed by atoms with Gasteiger partial charge in [0.25, 0.3) is 0 Å². The van der Waals surface area contributed by atoms with Gasteiger partial charge in [0.05, 0.1) is 12.5 Å². The van der Waals surface area contributed by atoms with E-state index in [9.17, 15) is 14.4 Å². The molecule has 1 aromatic rings. The Morgan fingerprint density at radius 2 is 1.88 bits per heavy atom. The van der Waals surface area contributed by atoms with E-state index in [1.165, 1.54) is 4.90 Å². The molecule has 2 N–H and O–H groups in total. The molecule has 6 heteroatoms. The maximum absolute atomic E-state index is 12.4. The van der Waals surface area contributed by atoms with E-state index in [4.69, 9.17) is 5.11 Å². The zero-order valence-corrected chi connectivity index (χ0v) is 14.3. The third-order valence-corrected chi connectivity index (χ3v) is 4.77. The van der Waals surface area contributed by atoms with Crippen molar-refractivity contribution in [1.82, 2.24) is 4.90 Å². The minimum absolute atomic E-state index is 0.0412. The first-order valence-corrected chi connectivity index (χ1v) is 8.13. The van der Waals surface area contributed by atoms with Crippen molar-refractivity contribution in [3.05, 3.63) is 29.3 Å². The molecule has 130 valence electrons. The minimum atomic E-state index is -0.847. The van der Waals surface area contributed by atoms with Crippen LogP contribution < -0.4 is 5.32 Å². The Morgan fingerprint density at radius 1 is 1.21 bits per heavy atom. The lowest BCUT2D eigenvalue weighted by Gasteiger charge is -2.21. The van der Waals surface area contributed by atoms with Gasteiger partial charge < -0.3 is 15.3 Å². The second-order valence-corrected chi connectivity index (χ2v) is 6.54. The summed E-state index contributed by atoms with van der Waals surface area (Å²) < 4.78 is 0. The summed E-state index contributed by atoms with van der Waals surface area (Å²) in [6, 6.07) is 5.67. The summed E-state index contributed by atoms with van der Waals surface area (Å²) in [6.45, 7) is 3.87. The zero-order chi connectivity index (χ0) is 17.9. The van der Waals surface area contributed by atoms with Gasteiger partial charge in [-0.3, -0.25) is 14.4 Å². The van der Waals surface area contributed by atoms with Gasteiger partial charge in [0.1, 0.15) is 0 Å². The van der Waals surface area contributed by atoms with Gasteiger partial charge in [-0.1, -0.05) is 12.1 Å². The molecule has 0 aromatic heterocycles. The average Bonchev–Trinajstić information content (AvgIpc) is 3.01. The van der Waals surface area contributed by atoms with E-state index in [-0.39, 0.29) is 24.3 Å². The standard InChI is InChI=1S/C18H24N2O4/c1-11-5-4-6-15(12(11)2)19-16(21)10-20(3)17(22)13-7-8-14(9-13)18(23)24/h4-6,13-14H,7-10H2,1-3H3,(H,19,21)(H,23,24)/t13-,14+/m1/s1. The summed E-state index contributed by atoms with van der Waals surface area (Å²) in [4.78, 5) is 36.9. The third-order valence-electron chi connectivity index (χ3n) is 4.77. The third kappa shape index (κ3) is 4.13. The Labute approximate surface area is 141 Å². The van der Waals surface area contributed by atoms with Crippen molar-refractivity contribution < 1.29 is 19.5 Å². The van der Waals surface area contributed by atoms with E-state index in [1.54, 1.807) is 7.05 Å². The Hall–Kier alpha value is -2.37. The molecule has 1 aliphatic rings. The molecule has 2 atom stereocenters. The second kappa shape index (κ2) is 7.47. The number of likely N-dealkylation sites (N-methyl/N-ethyl adjacent to an activating group) is 1. The number of aliphatic carboxylic acids is 1. The number of aryl methyl sites for hydroxylation is 1. The highest BCUT2D eigenvalue weighted by molar-refractivity contribution is 5.95. The Bertz CT molecular complexity index is 656. The Balaban J connectivity index is 1.90. The quantitative estimate of drug-likeness (QED) is 0.865. The number of benzene rings is 1. The number of nitrogens with zero attached hydrogens (tertiary/aromatic N) is 1. The van der Waals surface area contributed by atoms with E-state index < -0.39 is 11.9 Å². The van der Waals surface area contributed by atoms with E-state index in [2.05, 4.69) is 5.32 Å². The number of carbonyl (C=O) groups excluding carboxylic acids is 2. The van der Waals surface area contributed by atoms with Crippen LogP contribution in [0.4, 0.5) is 5.69 Å². The van der Waals surface area contributed by atoms with Gasteiger partial charge >= 0.3 is 5.97 Å². The van der Waals surface area contributed by atoms with Gasteiger partial charge in [-0.2, -0.15) is 0 Å². The molecule has 1 aromatic carbocycles.